The largest absolute Gasteiger partial charge is 0.508 e. The van der Waals surface area contributed by atoms with Crippen LogP contribution in [0.1, 0.15) is 52.0 Å². The third-order valence-corrected chi connectivity index (χ3v) is 4.17. The molecule has 0 bridgehead atoms. The fraction of sp³-hybridized carbons (Fsp3) is 0.647. The van der Waals surface area contributed by atoms with Crippen LogP contribution < -0.4 is 5.32 Å². The van der Waals surface area contributed by atoms with Crippen molar-refractivity contribution in [1.82, 2.24) is 5.32 Å². The van der Waals surface area contributed by atoms with E-state index >= 15 is 0 Å². The van der Waals surface area contributed by atoms with Gasteiger partial charge in [0.2, 0.25) is 0 Å². The second-order valence-corrected chi connectivity index (χ2v) is 7.15. The lowest BCUT2D eigenvalue weighted by Crippen LogP contribution is -2.43. The Morgan fingerprint density at radius 3 is 2.21 bits per heavy atom. The molecule has 0 amide bonds. The molecule has 106 valence electrons. The van der Waals surface area contributed by atoms with Gasteiger partial charge in [-0.3, -0.25) is 0 Å². The van der Waals surface area contributed by atoms with Crippen LogP contribution in [0.3, 0.4) is 0 Å². The maximum Gasteiger partial charge on any atom is 0.115 e. The second kappa shape index (κ2) is 5.54. The molecule has 0 radical (unpaired) electrons. The summed E-state index contributed by atoms with van der Waals surface area (Å²) >= 11 is 0. The number of rotatable bonds is 4. The molecule has 2 nitrogen and oxygen atoms in total. The van der Waals surface area contributed by atoms with E-state index in [1.807, 2.05) is 0 Å². The van der Waals surface area contributed by atoms with Crippen LogP contribution in [0, 0.1) is 5.41 Å². The van der Waals surface area contributed by atoms with E-state index in [1.54, 1.807) is 12.1 Å². The Morgan fingerprint density at radius 2 is 1.68 bits per heavy atom. The van der Waals surface area contributed by atoms with Crippen molar-refractivity contribution in [2.45, 2.75) is 58.4 Å². The Bertz CT molecular complexity index is 396. The highest BCUT2D eigenvalue weighted by atomic mass is 16.3. The SMILES string of the molecule is CC(C)(C)NCC1(Cc2ccc(O)cc2)CCCC1. The van der Waals surface area contributed by atoms with Gasteiger partial charge >= 0.3 is 0 Å². The molecule has 19 heavy (non-hydrogen) atoms. The summed E-state index contributed by atoms with van der Waals surface area (Å²) < 4.78 is 0. The van der Waals surface area contributed by atoms with Crippen LogP contribution in [-0.2, 0) is 6.42 Å². The summed E-state index contributed by atoms with van der Waals surface area (Å²) in [6.07, 6.45) is 6.46. The first-order chi connectivity index (χ1) is 8.89. The lowest BCUT2D eigenvalue weighted by molar-refractivity contribution is 0.245. The molecule has 1 aromatic carbocycles. The molecule has 0 spiro atoms. The van der Waals surface area contributed by atoms with Gasteiger partial charge in [-0.2, -0.15) is 0 Å². The molecule has 0 unspecified atom stereocenters. The first kappa shape index (κ1) is 14.4. The zero-order valence-electron chi connectivity index (χ0n) is 12.5. The molecule has 2 rings (SSSR count). The van der Waals surface area contributed by atoms with E-state index in [9.17, 15) is 5.11 Å². The Morgan fingerprint density at radius 1 is 1.11 bits per heavy atom. The molecule has 1 aliphatic carbocycles. The van der Waals surface area contributed by atoms with E-state index < -0.39 is 0 Å². The molecule has 0 aliphatic heterocycles. The molecule has 1 aromatic rings. The van der Waals surface area contributed by atoms with E-state index in [4.69, 9.17) is 0 Å². The summed E-state index contributed by atoms with van der Waals surface area (Å²) in [5, 5.41) is 13.1. The molecule has 1 aliphatic rings. The van der Waals surface area contributed by atoms with Crippen molar-refractivity contribution in [3.05, 3.63) is 29.8 Å². The number of hydrogen-bond acceptors (Lipinski definition) is 2. The minimum Gasteiger partial charge on any atom is -0.508 e. The first-order valence-corrected chi connectivity index (χ1v) is 7.42. The molecule has 0 aromatic heterocycles. The Kier molecular flexibility index (Phi) is 4.19. The minimum atomic E-state index is 0.185. The highest BCUT2D eigenvalue weighted by Crippen LogP contribution is 2.41. The summed E-state index contributed by atoms with van der Waals surface area (Å²) in [6.45, 7) is 7.79. The highest BCUT2D eigenvalue weighted by Gasteiger charge is 2.34. The van der Waals surface area contributed by atoms with Gasteiger partial charge in [-0.25, -0.2) is 0 Å². The summed E-state index contributed by atoms with van der Waals surface area (Å²) in [6, 6.07) is 7.73. The zero-order chi connectivity index (χ0) is 13.9. The quantitative estimate of drug-likeness (QED) is 0.862. The van der Waals surface area contributed by atoms with E-state index in [-0.39, 0.29) is 5.54 Å². The maximum atomic E-state index is 9.38. The Labute approximate surface area is 117 Å². The van der Waals surface area contributed by atoms with Crippen LogP contribution in [0.5, 0.6) is 5.75 Å². The molecule has 2 N–H and O–H groups in total. The van der Waals surface area contributed by atoms with E-state index in [0.717, 1.165) is 13.0 Å². The van der Waals surface area contributed by atoms with Gasteiger partial charge in [-0.05, 0) is 63.1 Å². The fourth-order valence-corrected chi connectivity index (χ4v) is 3.04. The average Bonchev–Trinajstić information content (AvgIpc) is 2.78. The lowest BCUT2D eigenvalue weighted by atomic mass is 9.79. The third-order valence-electron chi connectivity index (χ3n) is 4.17. The fourth-order valence-electron chi connectivity index (χ4n) is 3.04. The van der Waals surface area contributed by atoms with Gasteiger partial charge in [0.1, 0.15) is 5.75 Å². The molecule has 1 saturated carbocycles. The van der Waals surface area contributed by atoms with E-state index in [1.165, 1.54) is 31.2 Å². The number of phenols is 1. The van der Waals surface area contributed by atoms with E-state index in [0.29, 0.717) is 11.2 Å². The topological polar surface area (TPSA) is 32.3 Å². The van der Waals surface area contributed by atoms with Crippen LogP contribution in [0.2, 0.25) is 0 Å². The number of hydrogen-bond donors (Lipinski definition) is 2. The van der Waals surface area contributed by atoms with Gasteiger partial charge in [-0.15, -0.1) is 0 Å². The molecular formula is C17H27NO. The van der Waals surface area contributed by atoms with Crippen molar-refractivity contribution >= 4 is 0 Å². The predicted molar refractivity (Wildman–Crippen MR) is 80.5 cm³/mol. The van der Waals surface area contributed by atoms with Gasteiger partial charge in [-0.1, -0.05) is 25.0 Å². The monoisotopic (exact) mass is 261 g/mol. The van der Waals surface area contributed by atoms with Crippen molar-refractivity contribution in [2.75, 3.05) is 6.54 Å². The normalized spacial score (nSPS) is 18.7. The minimum absolute atomic E-state index is 0.185. The molecule has 0 heterocycles. The predicted octanol–water partition coefficient (Wildman–Crippen LogP) is 3.88. The molecule has 2 heteroatoms. The second-order valence-electron chi connectivity index (χ2n) is 7.15. The molecule has 1 fully saturated rings. The van der Waals surface area contributed by atoms with Gasteiger partial charge in [0.25, 0.3) is 0 Å². The van der Waals surface area contributed by atoms with E-state index in [2.05, 4.69) is 38.2 Å². The lowest BCUT2D eigenvalue weighted by Gasteiger charge is -2.33. The number of nitrogens with one attached hydrogen (secondary N) is 1. The highest BCUT2D eigenvalue weighted by molar-refractivity contribution is 5.27. The summed E-state index contributed by atoms with van der Waals surface area (Å²) in [5.74, 6) is 0.358. The summed E-state index contributed by atoms with van der Waals surface area (Å²) in [7, 11) is 0. The maximum absolute atomic E-state index is 9.38. The standard InChI is InChI=1S/C17H27NO/c1-16(2,3)18-13-17(10-4-5-11-17)12-14-6-8-15(19)9-7-14/h6-9,18-19H,4-5,10-13H2,1-3H3. The van der Waals surface area contributed by atoms with Crippen LogP contribution in [0.25, 0.3) is 0 Å². The zero-order valence-corrected chi connectivity index (χ0v) is 12.5. The smallest absolute Gasteiger partial charge is 0.115 e. The molecule has 0 atom stereocenters. The summed E-state index contributed by atoms with van der Waals surface area (Å²) in [4.78, 5) is 0. The van der Waals surface area contributed by atoms with Crippen molar-refractivity contribution in [3.8, 4) is 5.75 Å². The third kappa shape index (κ3) is 4.24. The number of phenolic OH excluding ortho intramolecular Hbond substituents is 1. The molecular weight excluding hydrogens is 234 g/mol. The van der Waals surface area contributed by atoms with Crippen molar-refractivity contribution in [3.63, 3.8) is 0 Å². The van der Waals surface area contributed by atoms with Crippen molar-refractivity contribution < 1.29 is 5.11 Å². The summed E-state index contributed by atoms with van der Waals surface area (Å²) in [5.41, 5.74) is 1.94. The Hall–Kier alpha value is -1.02. The van der Waals surface area contributed by atoms with Crippen LogP contribution in [0.15, 0.2) is 24.3 Å². The average molecular weight is 261 g/mol. The first-order valence-electron chi connectivity index (χ1n) is 7.42. The van der Waals surface area contributed by atoms with Crippen LogP contribution in [0.4, 0.5) is 0 Å². The number of benzene rings is 1. The van der Waals surface area contributed by atoms with Crippen LogP contribution >= 0.6 is 0 Å². The Balaban J connectivity index is 2.05. The van der Waals surface area contributed by atoms with Gasteiger partial charge in [0.05, 0.1) is 0 Å². The van der Waals surface area contributed by atoms with Crippen LogP contribution in [-0.4, -0.2) is 17.2 Å². The molecule has 0 saturated heterocycles. The van der Waals surface area contributed by atoms with Crippen molar-refractivity contribution in [2.24, 2.45) is 5.41 Å². The number of aromatic hydroxyl groups is 1. The van der Waals surface area contributed by atoms with Crippen molar-refractivity contribution in [1.29, 1.82) is 0 Å². The van der Waals surface area contributed by atoms with Gasteiger partial charge in [0, 0.05) is 12.1 Å². The van der Waals surface area contributed by atoms with Gasteiger partial charge < -0.3 is 10.4 Å². The van der Waals surface area contributed by atoms with Gasteiger partial charge in [0.15, 0.2) is 0 Å².